The molecule has 3 aromatic rings. The highest BCUT2D eigenvalue weighted by molar-refractivity contribution is 5.91. The quantitative estimate of drug-likeness (QED) is 0.620. The average molecular weight is 422 g/mol. The number of aromatic nitrogens is 3. The van der Waals surface area contributed by atoms with Crippen LogP contribution in [0.25, 0.3) is 11.4 Å². The first-order valence-corrected chi connectivity index (χ1v) is 10.9. The summed E-state index contributed by atoms with van der Waals surface area (Å²) in [6, 6.07) is 7.46. The fourth-order valence-corrected chi connectivity index (χ4v) is 4.12. The van der Waals surface area contributed by atoms with E-state index in [-0.39, 0.29) is 5.91 Å². The van der Waals surface area contributed by atoms with Crippen LogP contribution in [0.4, 0.5) is 5.82 Å². The third kappa shape index (κ3) is 4.46. The lowest BCUT2D eigenvalue weighted by Crippen LogP contribution is -2.48. The van der Waals surface area contributed by atoms with Crippen LogP contribution in [0.5, 0.6) is 0 Å². The van der Waals surface area contributed by atoms with E-state index < -0.39 is 0 Å². The Labute approximate surface area is 180 Å². The number of anilines is 1. The molecule has 2 saturated heterocycles. The molecule has 162 valence electrons. The van der Waals surface area contributed by atoms with Crippen LogP contribution < -0.4 is 4.90 Å². The molecule has 0 N–H and O–H groups in total. The predicted octanol–water partition coefficient (Wildman–Crippen LogP) is 2.67. The van der Waals surface area contributed by atoms with E-state index in [0.29, 0.717) is 37.1 Å². The molecule has 0 radical (unpaired) electrons. The minimum Gasteiger partial charge on any atom is -0.459 e. The van der Waals surface area contributed by atoms with Crippen LogP contribution in [0.15, 0.2) is 45.7 Å². The lowest BCUT2D eigenvalue weighted by atomic mass is 10.1. The van der Waals surface area contributed by atoms with E-state index >= 15 is 0 Å². The van der Waals surface area contributed by atoms with Crippen LogP contribution in [0, 0.1) is 0 Å². The molecule has 0 atom stereocenters. The molecule has 5 rings (SSSR count). The third-order valence-corrected chi connectivity index (χ3v) is 5.90. The molecule has 5 heterocycles. The molecule has 0 aliphatic carbocycles. The van der Waals surface area contributed by atoms with Gasteiger partial charge in [0, 0.05) is 51.0 Å². The molecule has 9 nitrogen and oxygen atoms in total. The summed E-state index contributed by atoms with van der Waals surface area (Å²) in [7, 11) is 0. The summed E-state index contributed by atoms with van der Waals surface area (Å²) in [6.07, 6.45) is 7.09. The number of pyridine rings is 1. The highest BCUT2D eigenvalue weighted by Crippen LogP contribution is 2.21. The Morgan fingerprint density at radius 2 is 1.84 bits per heavy atom. The van der Waals surface area contributed by atoms with Crippen LogP contribution in [0.1, 0.15) is 35.7 Å². The van der Waals surface area contributed by atoms with E-state index in [1.165, 1.54) is 25.5 Å². The summed E-state index contributed by atoms with van der Waals surface area (Å²) in [5, 5.41) is 4.13. The highest BCUT2D eigenvalue weighted by atomic mass is 16.5. The van der Waals surface area contributed by atoms with E-state index in [2.05, 4.69) is 24.9 Å². The van der Waals surface area contributed by atoms with Crippen molar-refractivity contribution in [2.75, 3.05) is 44.2 Å². The summed E-state index contributed by atoms with van der Waals surface area (Å²) >= 11 is 0. The second-order valence-electron chi connectivity index (χ2n) is 8.01. The largest absolute Gasteiger partial charge is 0.459 e. The van der Waals surface area contributed by atoms with E-state index in [0.717, 1.165) is 37.6 Å². The smallest absolute Gasteiger partial charge is 0.289 e. The zero-order valence-corrected chi connectivity index (χ0v) is 17.4. The minimum absolute atomic E-state index is 0.0646. The standard InChI is InChI=1S/C22H26N6O3/c29-22(18-5-4-14-30-18)28-12-10-26(11-13-28)16-20-24-21(25-31-20)17-6-7-19(23-15-17)27-8-2-1-3-9-27/h4-7,14-15H,1-3,8-13,16H2. The molecule has 3 aromatic heterocycles. The number of carbonyl (C=O) groups is 1. The first-order chi connectivity index (χ1) is 15.3. The Balaban J connectivity index is 1.15. The maximum atomic E-state index is 12.4. The summed E-state index contributed by atoms with van der Waals surface area (Å²) in [6.45, 7) is 5.48. The fraction of sp³-hybridized carbons (Fsp3) is 0.455. The molecular formula is C22H26N6O3. The summed E-state index contributed by atoms with van der Waals surface area (Å²) in [5.41, 5.74) is 0.852. The Kier molecular flexibility index (Phi) is 5.66. The van der Waals surface area contributed by atoms with Gasteiger partial charge in [0.2, 0.25) is 11.7 Å². The maximum absolute atomic E-state index is 12.4. The van der Waals surface area contributed by atoms with Gasteiger partial charge in [0.1, 0.15) is 5.82 Å². The normalized spacial score (nSPS) is 17.8. The number of amides is 1. The lowest BCUT2D eigenvalue weighted by Gasteiger charge is -2.33. The Morgan fingerprint density at radius 3 is 2.55 bits per heavy atom. The van der Waals surface area contributed by atoms with Gasteiger partial charge in [-0.1, -0.05) is 5.16 Å². The van der Waals surface area contributed by atoms with Gasteiger partial charge in [-0.25, -0.2) is 4.98 Å². The first-order valence-electron chi connectivity index (χ1n) is 10.9. The molecule has 2 fully saturated rings. The fourth-order valence-electron chi connectivity index (χ4n) is 4.12. The van der Waals surface area contributed by atoms with Crippen molar-refractivity contribution in [3.63, 3.8) is 0 Å². The molecule has 2 aliphatic heterocycles. The van der Waals surface area contributed by atoms with Crippen LogP contribution in [0.3, 0.4) is 0 Å². The summed E-state index contributed by atoms with van der Waals surface area (Å²) in [4.78, 5) is 27.9. The highest BCUT2D eigenvalue weighted by Gasteiger charge is 2.25. The molecule has 31 heavy (non-hydrogen) atoms. The van der Waals surface area contributed by atoms with E-state index in [1.807, 2.05) is 23.2 Å². The van der Waals surface area contributed by atoms with Crippen molar-refractivity contribution in [3.05, 3.63) is 48.4 Å². The van der Waals surface area contributed by atoms with Gasteiger partial charge in [0.25, 0.3) is 5.91 Å². The minimum atomic E-state index is -0.0646. The van der Waals surface area contributed by atoms with Gasteiger partial charge in [-0.2, -0.15) is 4.98 Å². The molecule has 0 saturated carbocycles. The maximum Gasteiger partial charge on any atom is 0.289 e. The zero-order valence-electron chi connectivity index (χ0n) is 17.4. The van der Waals surface area contributed by atoms with Crippen molar-refractivity contribution in [2.24, 2.45) is 0 Å². The van der Waals surface area contributed by atoms with Crippen LogP contribution >= 0.6 is 0 Å². The van der Waals surface area contributed by atoms with Crippen molar-refractivity contribution in [2.45, 2.75) is 25.8 Å². The van der Waals surface area contributed by atoms with Crippen molar-refractivity contribution >= 4 is 11.7 Å². The van der Waals surface area contributed by atoms with Gasteiger partial charge in [0.15, 0.2) is 5.76 Å². The second kappa shape index (κ2) is 8.89. The van der Waals surface area contributed by atoms with Gasteiger partial charge < -0.3 is 18.7 Å². The number of hydrogen-bond donors (Lipinski definition) is 0. The second-order valence-corrected chi connectivity index (χ2v) is 8.01. The first kappa shape index (κ1) is 19.7. The monoisotopic (exact) mass is 422 g/mol. The number of rotatable bonds is 5. The van der Waals surface area contributed by atoms with E-state index in [9.17, 15) is 4.79 Å². The topological polar surface area (TPSA) is 91.7 Å². The van der Waals surface area contributed by atoms with Crippen molar-refractivity contribution < 1.29 is 13.7 Å². The van der Waals surface area contributed by atoms with Crippen molar-refractivity contribution in [3.8, 4) is 11.4 Å². The van der Waals surface area contributed by atoms with Crippen molar-refractivity contribution in [1.82, 2.24) is 24.9 Å². The van der Waals surface area contributed by atoms with Gasteiger partial charge in [-0.15, -0.1) is 0 Å². The van der Waals surface area contributed by atoms with E-state index in [1.54, 1.807) is 12.1 Å². The predicted molar refractivity (Wildman–Crippen MR) is 113 cm³/mol. The van der Waals surface area contributed by atoms with Gasteiger partial charge in [-0.05, 0) is 43.5 Å². The molecule has 0 bridgehead atoms. The molecule has 0 unspecified atom stereocenters. The van der Waals surface area contributed by atoms with Crippen LogP contribution in [-0.2, 0) is 6.54 Å². The van der Waals surface area contributed by atoms with Gasteiger partial charge >= 0.3 is 0 Å². The molecule has 0 aromatic carbocycles. The van der Waals surface area contributed by atoms with Crippen molar-refractivity contribution in [1.29, 1.82) is 0 Å². The number of furan rings is 1. The third-order valence-electron chi connectivity index (χ3n) is 5.90. The molecule has 0 spiro atoms. The van der Waals surface area contributed by atoms with Crippen LogP contribution in [-0.4, -0.2) is 70.1 Å². The molecule has 1 amide bonds. The number of piperidine rings is 1. The SMILES string of the molecule is O=C(c1ccco1)N1CCN(Cc2nc(-c3ccc(N4CCCCC4)nc3)no2)CC1. The Hall–Kier alpha value is -3.20. The number of piperazine rings is 1. The Bertz CT molecular complexity index is 987. The lowest BCUT2D eigenvalue weighted by molar-refractivity contribution is 0.0585. The average Bonchev–Trinajstić information content (AvgIpc) is 3.53. The molecule has 9 heteroatoms. The Morgan fingerprint density at radius 1 is 1.00 bits per heavy atom. The van der Waals surface area contributed by atoms with Gasteiger partial charge in [0.05, 0.1) is 12.8 Å². The molecular weight excluding hydrogens is 396 g/mol. The summed E-state index contributed by atoms with van der Waals surface area (Å²) < 4.78 is 10.7. The number of carbonyl (C=O) groups excluding carboxylic acids is 1. The van der Waals surface area contributed by atoms with Crippen LogP contribution in [0.2, 0.25) is 0 Å². The summed E-state index contributed by atoms with van der Waals surface area (Å²) in [5.74, 6) is 2.45. The number of hydrogen-bond acceptors (Lipinski definition) is 8. The van der Waals surface area contributed by atoms with Gasteiger partial charge in [-0.3, -0.25) is 9.69 Å². The number of nitrogens with zero attached hydrogens (tertiary/aromatic N) is 6. The molecule has 2 aliphatic rings. The van der Waals surface area contributed by atoms with E-state index in [4.69, 9.17) is 8.94 Å². The zero-order chi connectivity index (χ0) is 21.0.